The fourth-order valence-corrected chi connectivity index (χ4v) is 4.52. The van der Waals surface area contributed by atoms with Gasteiger partial charge >= 0.3 is 0 Å². The van der Waals surface area contributed by atoms with Crippen LogP contribution < -0.4 is 15.4 Å². The summed E-state index contributed by atoms with van der Waals surface area (Å²) in [6, 6.07) is 21.4. The van der Waals surface area contributed by atoms with Crippen molar-refractivity contribution >= 4 is 57.0 Å². The molecule has 4 nitrogen and oxygen atoms in total. The standard InChI is InChI=1S/C24H20BrClN2O2S/c1-15-12-19(26)8-11-21(15)27-24-28-23(29)22(31-24)13-16-4-9-20(10-5-16)30-14-17-2-6-18(25)7-3-17/h2-13,24,27H,14H2,1H3,(H,28,29)/b22-13-. The second kappa shape index (κ2) is 9.81. The van der Waals surface area contributed by atoms with E-state index in [1.807, 2.05) is 79.7 Å². The lowest BCUT2D eigenvalue weighted by Crippen LogP contribution is -2.31. The van der Waals surface area contributed by atoms with E-state index in [9.17, 15) is 4.79 Å². The van der Waals surface area contributed by atoms with E-state index in [0.717, 1.165) is 32.6 Å². The van der Waals surface area contributed by atoms with Crippen LogP contribution in [0.3, 0.4) is 0 Å². The number of carbonyl (C=O) groups excluding carboxylic acids is 1. The van der Waals surface area contributed by atoms with Crippen LogP contribution in [-0.4, -0.2) is 11.4 Å². The van der Waals surface area contributed by atoms with Crippen LogP contribution in [0.5, 0.6) is 5.75 Å². The molecule has 0 bridgehead atoms. The first kappa shape index (κ1) is 21.8. The van der Waals surface area contributed by atoms with Crippen molar-refractivity contribution in [3.05, 3.63) is 97.8 Å². The molecule has 1 aliphatic rings. The minimum Gasteiger partial charge on any atom is -0.489 e. The molecule has 0 saturated carbocycles. The normalized spacial score (nSPS) is 16.9. The summed E-state index contributed by atoms with van der Waals surface area (Å²) in [5.41, 5.74) is 3.78. The molecule has 1 fully saturated rings. The smallest absolute Gasteiger partial charge is 0.260 e. The van der Waals surface area contributed by atoms with Crippen LogP contribution >= 0.6 is 39.3 Å². The van der Waals surface area contributed by atoms with Gasteiger partial charge in [-0.05, 0) is 72.2 Å². The zero-order valence-corrected chi connectivity index (χ0v) is 19.9. The molecule has 1 unspecified atom stereocenters. The zero-order chi connectivity index (χ0) is 21.8. The van der Waals surface area contributed by atoms with Gasteiger partial charge in [0.25, 0.3) is 5.91 Å². The van der Waals surface area contributed by atoms with Crippen LogP contribution in [0.25, 0.3) is 6.08 Å². The molecule has 3 aromatic rings. The van der Waals surface area contributed by atoms with Crippen LogP contribution in [0.2, 0.25) is 5.02 Å². The molecule has 7 heteroatoms. The van der Waals surface area contributed by atoms with E-state index in [-0.39, 0.29) is 11.4 Å². The highest BCUT2D eigenvalue weighted by molar-refractivity contribution is 9.10. The molecule has 2 N–H and O–H groups in total. The molecule has 0 radical (unpaired) electrons. The third-order valence-electron chi connectivity index (χ3n) is 4.70. The Morgan fingerprint density at radius 3 is 2.58 bits per heavy atom. The van der Waals surface area contributed by atoms with E-state index in [1.54, 1.807) is 0 Å². The Labute approximate surface area is 199 Å². The summed E-state index contributed by atoms with van der Waals surface area (Å²) in [6.07, 6.45) is 1.88. The van der Waals surface area contributed by atoms with Crippen LogP contribution in [0, 0.1) is 6.92 Å². The number of hydrogen-bond acceptors (Lipinski definition) is 4. The molecule has 3 aromatic carbocycles. The Morgan fingerprint density at radius 2 is 1.87 bits per heavy atom. The summed E-state index contributed by atoms with van der Waals surface area (Å²) in [7, 11) is 0. The number of carbonyl (C=O) groups is 1. The number of halogens is 2. The quantitative estimate of drug-likeness (QED) is 0.364. The van der Waals surface area contributed by atoms with Gasteiger partial charge < -0.3 is 15.4 Å². The molecular formula is C24H20BrClN2O2S. The zero-order valence-electron chi connectivity index (χ0n) is 16.7. The number of amides is 1. The monoisotopic (exact) mass is 514 g/mol. The lowest BCUT2D eigenvalue weighted by molar-refractivity contribution is -0.116. The van der Waals surface area contributed by atoms with Gasteiger partial charge in [0, 0.05) is 15.2 Å². The van der Waals surface area contributed by atoms with E-state index in [1.165, 1.54) is 11.8 Å². The molecular weight excluding hydrogens is 496 g/mol. The molecule has 1 heterocycles. The Balaban J connectivity index is 1.36. The van der Waals surface area contributed by atoms with Gasteiger partial charge in [-0.1, -0.05) is 63.6 Å². The Morgan fingerprint density at radius 1 is 1.13 bits per heavy atom. The van der Waals surface area contributed by atoms with Crippen LogP contribution in [0.15, 0.2) is 76.1 Å². The number of hydrogen-bond donors (Lipinski definition) is 2. The highest BCUT2D eigenvalue weighted by atomic mass is 79.9. The van der Waals surface area contributed by atoms with Crippen LogP contribution in [0.4, 0.5) is 5.69 Å². The van der Waals surface area contributed by atoms with Crippen LogP contribution in [0.1, 0.15) is 16.7 Å². The van der Waals surface area contributed by atoms with Crippen molar-refractivity contribution in [2.45, 2.75) is 19.0 Å². The van der Waals surface area contributed by atoms with E-state index in [4.69, 9.17) is 16.3 Å². The Bertz CT molecular complexity index is 1120. The molecule has 1 aliphatic heterocycles. The van der Waals surface area contributed by atoms with Gasteiger partial charge in [-0.2, -0.15) is 0 Å². The second-order valence-electron chi connectivity index (χ2n) is 7.07. The lowest BCUT2D eigenvalue weighted by atomic mass is 10.2. The summed E-state index contributed by atoms with van der Waals surface area (Å²) in [5, 5.41) is 6.98. The van der Waals surface area contributed by atoms with Crippen LogP contribution in [-0.2, 0) is 11.4 Å². The SMILES string of the molecule is Cc1cc(Cl)ccc1NC1NC(=O)/C(=C/c2ccc(OCc3ccc(Br)cc3)cc2)S1. The van der Waals surface area contributed by atoms with E-state index >= 15 is 0 Å². The maximum absolute atomic E-state index is 12.4. The second-order valence-corrected chi connectivity index (χ2v) is 9.57. The fourth-order valence-electron chi connectivity index (χ4n) is 3.05. The summed E-state index contributed by atoms with van der Waals surface area (Å²) in [5.74, 6) is 0.691. The molecule has 158 valence electrons. The maximum atomic E-state index is 12.4. The van der Waals surface area contributed by atoms with Crippen molar-refractivity contribution in [3.63, 3.8) is 0 Å². The highest BCUT2D eigenvalue weighted by Crippen LogP contribution is 2.31. The first-order valence-corrected chi connectivity index (χ1v) is 11.7. The lowest BCUT2D eigenvalue weighted by Gasteiger charge is -2.15. The topological polar surface area (TPSA) is 50.4 Å². The summed E-state index contributed by atoms with van der Waals surface area (Å²) in [4.78, 5) is 13.0. The summed E-state index contributed by atoms with van der Waals surface area (Å²) >= 11 is 10.9. The summed E-state index contributed by atoms with van der Waals surface area (Å²) < 4.78 is 6.89. The van der Waals surface area contributed by atoms with Gasteiger partial charge in [0.15, 0.2) is 5.50 Å². The average Bonchev–Trinajstić information content (AvgIpc) is 3.09. The third-order valence-corrected chi connectivity index (χ3v) is 6.49. The first-order chi connectivity index (χ1) is 15.0. The maximum Gasteiger partial charge on any atom is 0.260 e. The number of benzene rings is 3. The van der Waals surface area contributed by atoms with Gasteiger partial charge in [-0.3, -0.25) is 4.79 Å². The molecule has 4 rings (SSSR count). The Hall–Kier alpha value is -2.41. The minimum atomic E-state index is -0.229. The molecule has 31 heavy (non-hydrogen) atoms. The van der Waals surface area contributed by atoms with E-state index < -0.39 is 0 Å². The average molecular weight is 516 g/mol. The number of aryl methyl sites for hydroxylation is 1. The van der Waals surface area contributed by atoms with Crippen molar-refractivity contribution in [1.82, 2.24) is 5.32 Å². The predicted octanol–water partition coefficient (Wildman–Crippen LogP) is 6.59. The molecule has 1 saturated heterocycles. The fraction of sp³-hybridized carbons (Fsp3) is 0.125. The first-order valence-electron chi connectivity index (χ1n) is 9.65. The molecule has 0 aromatic heterocycles. The Kier molecular flexibility index (Phi) is 6.90. The minimum absolute atomic E-state index is 0.0929. The van der Waals surface area contributed by atoms with Crippen molar-refractivity contribution in [2.75, 3.05) is 5.32 Å². The number of thioether (sulfide) groups is 1. The van der Waals surface area contributed by atoms with Gasteiger partial charge in [-0.25, -0.2) is 0 Å². The number of nitrogens with one attached hydrogen (secondary N) is 2. The number of anilines is 1. The van der Waals surface area contributed by atoms with Gasteiger partial charge in [0.2, 0.25) is 0 Å². The molecule has 1 amide bonds. The van der Waals surface area contributed by atoms with Gasteiger partial charge in [0.1, 0.15) is 12.4 Å². The number of ether oxygens (including phenoxy) is 1. The van der Waals surface area contributed by atoms with Gasteiger partial charge in [0.05, 0.1) is 4.91 Å². The number of rotatable bonds is 6. The molecule has 0 aliphatic carbocycles. The molecule has 1 atom stereocenters. The van der Waals surface area contributed by atoms with Crippen molar-refractivity contribution in [1.29, 1.82) is 0 Å². The molecule has 0 spiro atoms. The van der Waals surface area contributed by atoms with Crippen molar-refractivity contribution < 1.29 is 9.53 Å². The van der Waals surface area contributed by atoms with Crippen molar-refractivity contribution in [3.8, 4) is 5.75 Å². The summed E-state index contributed by atoms with van der Waals surface area (Å²) in [6.45, 7) is 2.48. The van der Waals surface area contributed by atoms with E-state index in [2.05, 4.69) is 26.6 Å². The third kappa shape index (κ3) is 5.85. The van der Waals surface area contributed by atoms with Gasteiger partial charge in [-0.15, -0.1) is 0 Å². The highest BCUT2D eigenvalue weighted by Gasteiger charge is 2.27. The largest absolute Gasteiger partial charge is 0.489 e. The van der Waals surface area contributed by atoms with Crippen molar-refractivity contribution in [2.24, 2.45) is 0 Å². The van der Waals surface area contributed by atoms with E-state index in [0.29, 0.717) is 16.5 Å². The predicted molar refractivity (Wildman–Crippen MR) is 132 cm³/mol.